The van der Waals surface area contributed by atoms with Crippen LogP contribution in [0.2, 0.25) is 0 Å². The van der Waals surface area contributed by atoms with E-state index >= 15 is 0 Å². The number of rotatable bonds is 4. The molecule has 1 aromatic carbocycles. The zero-order chi connectivity index (χ0) is 14.1. The van der Waals surface area contributed by atoms with E-state index in [9.17, 15) is 0 Å². The quantitative estimate of drug-likeness (QED) is 0.938. The fourth-order valence-electron chi connectivity index (χ4n) is 2.65. The van der Waals surface area contributed by atoms with Crippen LogP contribution in [0.4, 0.5) is 5.95 Å². The normalized spacial score (nSPS) is 18.6. The van der Waals surface area contributed by atoms with E-state index < -0.39 is 0 Å². The first-order chi connectivity index (χ1) is 9.72. The van der Waals surface area contributed by atoms with Crippen molar-refractivity contribution in [2.45, 2.75) is 24.6 Å². The summed E-state index contributed by atoms with van der Waals surface area (Å²) in [4.78, 5) is 4.44. The van der Waals surface area contributed by atoms with Crippen molar-refractivity contribution in [3.63, 3.8) is 0 Å². The van der Waals surface area contributed by atoms with Gasteiger partial charge in [0.1, 0.15) is 0 Å². The first kappa shape index (κ1) is 13.4. The summed E-state index contributed by atoms with van der Waals surface area (Å²) < 4.78 is 12.8. The molecule has 1 aliphatic rings. The van der Waals surface area contributed by atoms with Gasteiger partial charge >= 0.3 is 0 Å². The molecule has 0 spiro atoms. The third kappa shape index (κ3) is 2.28. The Kier molecular flexibility index (Phi) is 3.65. The Bertz CT molecular complexity index is 620. The van der Waals surface area contributed by atoms with Crippen molar-refractivity contribution in [1.29, 1.82) is 0 Å². The first-order valence-electron chi connectivity index (χ1n) is 6.72. The average Bonchev–Trinajstić information content (AvgIpc) is 3.06. The van der Waals surface area contributed by atoms with E-state index in [1.807, 2.05) is 23.9 Å². The molecule has 0 radical (unpaired) electrons. The molecule has 0 amide bonds. The summed E-state index contributed by atoms with van der Waals surface area (Å²) in [6, 6.07) is 3.83. The van der Waals surface area contributed by atoms with Crippen molar-refractivity contribution in [3.8, 4) is 11.5 Å². The Labute approximate surface area is 122 Å². The van der Waals surface area contributed by atoms with Crippen LogP contribution in [0.1, 0.15) is 12.8 Å². The number of ether oxygens (including phenoxy) is 2. The summed E-state index contributed by atoms with van der Waals surface area (Å²) in [6.45, 7) is 0.905. The van der Waals surface area contributed by atoms with Crippen LogP contribution in [-0.2, 0) is 6.54 Å². The summed E-state index contributed by atoms with van der Waals surface area (Å²) in [5, 5.41) is 0.628. The number of hydrogen-bond acceptors (Lipinski definition) is 5. The lowest BCUT2D eigenvalue weighted by Crippen LogP contribution is -2.12. The number of fused-ring (bicyclic) bond motifs is 1. The molecule has 3 rings (SSSR count). The summed E-state index contributed by atoms with van der Waals surface area (Å²) in [6.07, 6.45) is 2.54. The highest BCUT2D eigenvalue weighted by Crippen LogP contribution is 2.34. The highest BCUT2D eigenvalue weighted by atomic mass is 32.2. The maximum atomic E-state index is 6.08. The molecule has 6 heteroatoms. The third-order valence-electron chi connectivity index (χ3n) is 3.69. The van der Waals surface area contributed by atoms with Crippen LogP contribution < -0.4 is 15.2 Å². The van der Waals surface area contributed by atoms with Crippen molar-refractivity contribution < 1.29 is 9.47 Å². The van der Waals surface area contributed by atoms with Gasteiger partial charge in [0.15, 0.2) is 11.5 Å². The predicted molar refractivity (Wildman–Crippen MR) is 82.7 cm³/mol. The maximum Gasteiger partial charge on any atom is 0.201 e. The number of imidazole rings is 1. The molecule has 1 aliphatic heterocycles. The topological polar surface area (TPSA) is 62.3 Å². The molecule has 1 unspecified atom stereocenters. The van der Waals surface area contributed by atoms with E-state index in [0.29, 0.717) is 22.7 Å². The van der Waals surface area contributed by atoms with E-state index in [4.69, 9.17) is 15.2 Å². The van der Waals surface area contributed by atoms with Crippen LogP contribution in [0.15, 0.2) is 12.1 Å². The molecule has 2 heterocycles. The van der Waals surface area contributed by atoms with Gasteiger partial charge in [-0.15, -0.1) is 0 Å². The standard InChI is InChI=1S/C14H19N3O2S/c1-18-12-6-10-11(7-13(12)19-2)17(14(15)16-10)8-9-4-3-5-20-9/h6-7,9H,3-5,8H2,1-2H3,(H2,15,16). The van der Waals surface area contributed by atoms with Crippen LogP contribution in [0.25, 0.3) is 11.0 Å². The maximum absolute atomic E-state index is 6.08. The number of benzene rings is 1. The van der Waals surface area contributed by atoms with Crippen molar-refractivity contribution in [3.05, 3.63) is 12.1 Å². The van der Waals surface area contributed by atoms with Crippen molar-refractivity contribution >= 4 is 28.7 Å². The number of hydrogen-bond donors (Lipinski definition) is 1. The summed E-state index contributed by atoms with van der Waals surface area (Å²) >= 11 is 2.02. The van der Waals surface area contributed by atoms with Gasteiger partial charge in [-0.3, -0.25) is 0 Å². The van der Waals surface area contributed by atoms with E-state index in [1.165, 1.54) is 18.6 Å². The Morgan fingerprint density at radius 2 is 2.10 bits per heavy atom. The summed E-state index contributed by atoms with van der Waals surface area (Å²) in [5.74, 6) is 3.19. The predicted octanol–water partition coefficient (Wildman–Crippen LogP) is 2.53. The van der Waals surface area contributed by atoms with E-state index in [2.05, 4.69) is 9.55 Å². The number of nitrogens with two attached hydrogens (primary N) is 1. The lowest BCUT2D eigenvalue weighted by Gasteiger charge is -2.13. The van der Waals surface area contributed by atoms with Gasteiger partial charge in [-0.05, 0) is 18.6 Å². The number of aromatic nitrogens is 2. The van der Waals surface area contributed by atoms with Gasteiger partial charge < -0.3 is 19.8 Å². The second kappa shape index (κ2) is 5.44. The van der Waals surface area contributed by atoms with Gasteiger partial charge in [-0.2, -0.15) is 11.8 Å². The van der Waals surface area contributed by atoms with Crippen molar-refractivity contribution in [1.82, 2.24) is 9.55 Å². The van der Waals surface area contributed by atoms with Crippen LogP contribution in [0.3, 0.4) is 0 Å². The largest absolute Gasteiger partial charge is 0.493 e. The minimum Gasteiger partial charge on any atom is -0.493 e. The number of nitrogen functional groups attached to an aromatic ring is 1. The smallest absolute Gasteiger partial charge is 0.201 e. The Morgan fingerprint density at radius 3 is 2.75 bits per heavy atom. The molecular formula is C14H19N3O2S. The molecule has 1 fully saturated rings. The number of thioether (sulfide) groups is 1. The lowest BCUT2D eigenvalue weighted by atomic mass is 10.2. The second-order valence-electron chi connectivity index (χ2n) is 4.91. The fraction of sp³-hybridized carbons (Fsp3) is 0.500. The van der Waals surface area contributed by atoms with Crippen molar-refractivity contribution in [2.75, 3.05) is 25.7 Å². The van der Waals surface area contributed by atoms with Gasteiger partial charge in [0, 0.05) is 23.9 Å². The molecule has 1 saturated heterocycles. The van der Waals surface area contributed by atoms with E-state index in [0.717, 1.165) is 17.6 Å². The van der Waals surface area contributed by atoms with Gasteiger partial charge in [0.25, 0.3) is 0 Å². The fourth-order valence-corrected chi connectivity index (χ4v) is 3.91. The highest BCUT2D eigenvalue weighted by Gasteiger charge is 2.20. The van der Waals surface area contributed by atoms with Crippen molar-refractivity contribution in [2.24, 2.45) is 0 Å². The van der Waals surface area contributed by atoms with Gasteiger partial charge in [-0.25, -0.2) is 4.98 Å². The van der Waals surface area contributed by atoms with E-state index in [-0.39, 0.29) is 0 Å². The molecule has 0 saturated carbocycles. The monoisotopic (exact) mass is 293 g/mol. The molecule has 1 aromatic heterocycles. The van der Waals surface area contributed by atoms with E-state index in [1.54, 1.807) is 14.2 Å². The zero-order valence-corrected chi connectivity index (χ0v) is 12.6. The minimum absolute atomic E-state index is 0.558. The highest BCUT2D eigenvalue weighted by molar-refractivity contribution is 8.00. The molecule has 1 atom stereocenters. The minimum atomic E-state index is 0.558. The molecule has 0 aliphatic carbocycles. The first-order valence-corrected chi connectivity index (χ1v) is 7.77. The molecule has 2 aromatic rings. The molecule has 0 bridgehead atoms. The van der Waals surface area contributed by atoms with Gasteiger partial charge in [0.2, 0.25) is 5.95 Å². The second-order valence-corrected chi connectivity index (χ2v) is 6.32. The summed E-state index contributed by atoms with van der Waals surface area (Å²) in [5.41, 5.74) is 7.93. The van der Waals surface area contributed by atoms with Gasteiger partial charge in [-0.1, -0.05) is 0 Å². The molecule has 108 valence electrons. The number of methoxy groups -OCH3 is 2. The third-order valence-corrected chi connectivity index (χ3v) is 5.07. The van der Waals surface area contributed by atoms with Crippen LogP contribution in [-0.4, -0.2) is 34.8 Å². The summed E-state index contributed by atoms with van der Waals surface area (Å²) in [7, 11) is 3.26. The Balaban J connectivity index is 2.04. The van der Waals surface area contributed by atoms with Gasteiger partial charge in [0.05, 0.1) is 25.3 Å². The SMILES string of the molecule is COc1cc2nc(N)n(CC3CCCS3)c2cc1OC. The lowest BCUT2D eigenvalue weighted by molar-refractivity contribution is 0.355. The Morgan fingerprint density at radius 1 is 1.35 bits per heavy atom. The molecular weight excluding hydrogens is 274 g/mol. The van der Waals surface area contributed by atoms with Crippen LogP contribution in [0.5, 0.6) is 11.5 Å². The number of nitrogens with zero attached hydrogens (tertiary/aromatic N) is 2. The molecule has 5 nitrogen and oxygen atoms in total. The van der Waals surface area contributed by atoms with Crippen LogP contribution >= 0.6 is 11.8 Å². The number of anilines is 1. The van der Waals surface area contributed by atoms with Crippen LogP contribution in [0, 0.1) is 0 Å². The Hall–Kier alpha value is -1.56. The molecule has 2 N–H and O–H groups in total. The molecule has 20 heavy (non-hydrogen) atoms. The average molecular weight is 293 g/mol. The zero-order valence-electron chi connectivity index (χ0n) is 11.8.